The van der Waals surface area contributed by atoms with Crippen molar-refractivity contribution in [1.29, 1.82) is 0 Å². The standard InChI is InChI=1S/C23H21FN4O3S/c1-4-31-22(30)20-15(3)25-23(32-20)28(12-16-8-10-17(24)11-9-16)21(29)18-13-27-14(2)6-5-7-19(27)26-18/h5-11,13H,4,12H2,1-3H3. The molecule has 0 saturated carbocycles. The van der Waals surface area contributed by atoms with Crippen molar-refractivity contribution in [2.45, 2.75) is 27.3 Å². The second-order valence-corrected chi connectivity index (χ2v) is 8.15. The summed E-state index contributed by atoms with van der Waals surface area (Å²) in [5.41, 5.74) is 3.02. The highest BCUT2D eigenvalue weighted by Gasteiger charge is 2.27. The number of anilines is 1. The van der Waals surface area contributed by atoms with E-state index in [0.29, 0.717) is 26.9 Å². The van der Waals surface area contributed by atoms with Crippen LogP contribution in [0.25, 0.3) is 5.65 Å². The van der Waals surface area contributed by atoms with Crippen LogP contribution in [0.2, 0.25) is 0 Å². The lowest BCUT2D eigenvalue weighted by atomic mass is 10.2. The zero-order chi connectivity index (χ0) is 22.8. The third-order valence-corrected chi connectivity index (χ3v) is 6.05. The zero-order valence-corrected chi connectivity index (χ0v) is 18.6. The summed E-state index contributed by atoms with van der Waals surface area (Å²) in [4.78, 5) is 36.5. The van der Waals surface area contributed by atoms with Crippen molar-refractivity contribution < 1.29 is 18.7 Å². The van der Waals surface area contributed by atoms with Crippen LogP contribution in [0.4, 0.5) is 9.52 Å². The average Bonchev–Trinajstić information content (AvgIpc) is 3.38. The second-order valence-electron chi connectivity index (χ2n) is 7.17. The molecule has 0 unspecified atom stereocenters. The van der Waals surface area contributed by atoms with Crippen LogP contribution < -0.4 is 4.90 Å². The highest BCUT2D eigenvalue weighted by molar-refractivity contribution is 7.17. The number of benzene rings is 1. The summed E-state index contributed by atoms with van der Waals surface area (Å²) in [6.07, 6.45) is 1.68. The minimum atomic E-state index is -0.480. The molecule has 3 aromatic heterocycles. The van der Waals surface area contributed by atoms with Gasteiger partial charge in [0.15, 0.2) is 5.13 Å². The molecule has 0 fully saturated rings. The minimum Gasteiger partial charge on any atom is -0.462 e. The SMILES string of the molecule is CCOC(=O)c1sc(N(Cc2ccc(F)cc2)C(=O)c2cn3c(C)cccc3n2)nc1C. The molecule has 1 aromatic carbocycles. The van der Waals surface area contributed by atoms with Crippen LogP contribution in [0.5, 0.6) is 0 Å². The van der Waals surface area contributed by atoms with E-state index in [-0.39, 0.29) is 30.6 Å². The van der Waals surface area contributed by atoms with Gasteiger partial charge in [-0.05, 0) is 50.6 Å². The van der Waals surface area contributed by atoms with Gasteiger partial charge in [0.05, 0.1) is 18.8 Å². The summed E-state index contributed by atoms with van der Waals surface area (Å²) < 4.78 is 20.3. The first kappa shape index (κ1) is 21.6. The molecule has 9 heteroatoms. The lowest BCUT2D eigenvalue weighted by Gasteiger charge is -2.19. The second kappa shape index (κ2) is 8.88. The smallest absolute Gasteiger partial charge is 0.350 e. The number of pyridine rings is 1. The van der Waals surface area contributed by atoms with Gasteiger partial charge in [0.2, 0.25) is 0 Å². The van der Waals surface area contributed by atoms with Crippen molar-refractivity contribution in [2.24, 2.45) is 0 Å². The number of aromatic nitrogens is 3. The molecule has 32 heavy (non-hydrogen) atoms. The van der Waals surface area contributed by atoms with E-state index in [1.165, 1.54) is 17.0 Å². The van der Waals surface area contributed by atoms with Crippen LogP contribution >= 0.6 is 11.3 Å². The third-order valence-electron chi connectivity index (χ3n) is 4.89. The molecule has 0 spiro atoms. The Labute approximate surface area is 188 Å². The summed E-state index contributed by atoms with van der Waals surface area (Å²) in [6.45, 7) is 5.73. The molecular weight excluding hydrogens is 431 g/mol. The first-order valence-corrected chi connectivity index (χ1v) is 10.8. The number of hydrogen-bond acceptors (Lipinski definition) is 6. The Bertz CT molecular complexity index is 1300. The molecule has 4 rings (SSSR count). The van der Waals surface area contributed by atoms with Crippen molar-refractivity contribution in [1.82, 2.24) is 14.4 Å². The normalized spacial score (nSPS) is 11.0. The number of aryl methyl sites for hydroxylation is 2. The predicted molar refractivity (Wildman–Crippen MR) is 120 cm³/mol. The molecule has 7 nitrogen and oxygen atoms in total. The Morgan fingerprint density at radius 2 is 1.88 bits per heavy atom. The van der Waals surface area contributed by atoms with Gasteiger partial charge in [0.25, 0.3) is 5.91 Å². The number of carbonyl (C=O) groups is 2. The quantitative estimate of drug-likeness (QED) is 0.401. The number of hydrogen-bond donors (Lipinski definition) is 0. The molecule has 0 aliphatic carbocycles. The molecule has 0 aliphatic heterocycles. The number of carbonyl (C=O) groups excluding carboxylic acids is 2. The molecule has 0 radical (unpaired) electrons. The van der Waals surface area contributed by atoms with Gasteiger partial charge in [-0.2, -0.15) is 0 Å². The maximum absolute atomic E-state index is 13.5. The topological polar surface area (TPSA) is 76.8 Å². The largest absolute Gasteiger partial charge is 0.462 e. The van der Waals surface area contributed by atoms with Crippen LogP contribution in [0, 0.1) is 19.7 Å². The Balaban J connectivity index is 1.75. The number of amides is 1. The highest BCUT2D eigenvalue weighted by atomic mass is 32.1. The molecule has 0 aliphatic rings. The molecule has 164 valence electrons. The Hall–Kier alpha value is -3.59. The summed E-state index contributed by atoms with van der Waals surface area (Å²) in [5, 5.41) is 0.341. The summed E-state index contributed by atoms with van der Waals surface area (Å²) in [6, 6.07) is 11.5. The number of imidazole rings is 1. The number of nitrogens with zero attached hydrogens (tertiary/aromatic N) is 4. The van der Waals surface area contributed by atoms with Gasteiger partial charge in [-0.15, -0.1) is 0 Å². The Morgan fingerprint density at radius 3 is 2.56 bits per heavy atom. The first-order valence-electron chi connectivity index (χ1n) is 10.0. The van der Waals surface area contributed by atoms with Crippen molar-refractivity contribution >= 4 is 34.0 Å². The van der Waals surface area contributed by atoms with E-state index in [9.17, 15) is 14.0 Å². The lowest BCUT2D eigenvalue weighted by Crippen LogP contribution is -2.30. The minimum absolute atomic E-state index is 0.140. The fourth-order valence-corrected chi connectivity index (χ4v) is 4.23. The van der Waals surface area contributed by atoms with Crippen molar-refractivity contribution in [3.63, 3.8) is 0 Å². The van der Waals surface area contributed by atoms with E-state index in [4.69, 9.17) is 4.74 Å². The average molecular weight is 453 g/mol. The maximum Gasteiger partial charge on any atom is 0.350 e. The predicted octanol–water partition coefficient (Wildman–Crippen LogP) is 4.57. The number of fused-ring (bicyclic) bond motifs is 1. The van der Waals surface area contributed by atoms with Crippen LogP contribution in [-0.4, -0.2) is 32.9 Å². The molecule has 0 N–H and O–H groups in total. The first-order chi connectivity index (χ1) is 15.4. The van der Waals surface area contributed by atoms with E-state index in [0.717, 1.165) is 17.0 Å². The molecular formula is C23H21FN4O3S. The van der Waals surface area contributed by atoms with Gasteiger partial charge in [-0.1, -0.05) is 29.5 Å². The number of esters is 1. The number of thiazole rings is 1. The number of ether oxygens (including phenoxy) is 1. The molecule has 0 bridgehead atoms. The third kappa shape index (κ3) is 4.24. The number of rotatable bonds is 6. The van der Waals surface area contributed by atoms with Gasteiger partial charge >= 0.3 is 5.97 Å². The van der Waals surface area contributed by atoms with Crippen LogP contribution in [-0.2, 0) is 11.3 Å². The fourth-order valence-electron chi connectivity index (χ4n) is 3.27. The zero-order valence-electron chi connectivity index (χ0n) is 17.8. The van der Waals surface area contributed by atoms with Gasteiger partial charge < -0.3 is 9.14 Å². The van der Waals surface area contributed by atoms with E-state index in [1.807, 2.05) is 29.5 Å². The van der Waals surface area contributed by atoms with Crippen molar-refractivity contribution in [3.8, 4) is 0 Å². The molecule has 0 saturated heterocycles. The Kier molecular flexibility index (Phi) is 6.00. The van der Waals surface area contributed by atoms with Crippen LogP contribution in [0.1, 0.15) is 44.0 Å². The lowest BCUT2D eigenvalue weighted by molar-refractivity contribution is 0.0531. The van der Waals surface area contributed by atoms with Crippen LogP contribution in [0.3, 0.4) is 0 Å². The van der Waals surface area contributed by atoms with Crippen LogP contribution in [0.15, 0.2) is 48.7 Å². The highest BCUT2D eigenvalue weighted by Crippen LogP contribution is 2.29. The van der Waals surface area contributed by atoms with E-state index in [1.54, 1.807) is 32.2 Å². The van der Waals surface area contributed by atoms with E-state index < -0.39 is 5.97 Å². The summed E-state index contributed by atoms with van der Waals surface area (Å²) in [5.74, 6) is -1.22. The van der Waals surface area contributed by atoms with E-state index >= 15 is 0 Å². The monoisotopic (exact) mass is 452 g/mol. The van der Waals surface area contributed by atoms with E-state index in [2.05, 4.69) is 9.97 Å². The van der Waals surface area contributed by atoms with Gasteiger partial charge in [-0.3, -0.25) is 9.69 Å². The van der Waals surface area contributed by atoms with Gasteiger partial charge in [-0.25, -0.2) is 19.2 Å². The van der Waals surface area contributed by atoms with Crippen molar-refractivity contribution in [2.75, 3.05) is 11.5 Å². The molecule has 4 aromatic rings. The van der Waals surface area contributed by atoms with Gasteiger partial charge in [0.1, 0.15) is 22.0 Å². The Morgan fingerprint density at radius 1 is 1.12 bits per heavy atom. The molecule has 1 amide bonds. The van der Waals surface area contributed by atoms with Gasteiger partial charge in [0, 0.05) is 11.9 Å². The fraction of sp³-hybridized carbons (Fsp3) is 0.217. The van der Waals surface area contributed by atoms with Crippen molar-refractivity contribution in [3.05, 3.63) is 82.0 Å². The molecule has 0 atom stereocenters. The summed E-state index contributed by atoms with van der Waals surface area (Å²) >= 11 is 1.08. The summed E-state index contributed by atoms with van der Waals surface area (Å²) in [7, 11) is 0. The maximum atomic E-state index is 13.5. The molecule has 3 heterocycles. The number of halogens is 1.